The molecule has 0 aromatic rings. The molecule has 17 N–H and O–H groups in total. The van der Waals surface area contributed by atoms with Crippen molar-refractivity contribution in [3.63, 3.8) is 0 Å². The summed E-state index contributed by atoms with van der Waals surface area (Å²) >= 11 is 0. The van der Waals surface area contributed by atoms with Crippen LogP contribution in [-0.4, -0.2) is 368 Å². The fourth-order valence-corrected chi connectivity index (χ4v) is 10.3. The van der Waals surface area contributed by atoms with Crippen LogP contribution in [0.4, 0.5) is 0 Å². The molecule has 7 amide bonds. The Morgan fingerprint density at radius 1 is 0.400 bits per heavy atom. The van der Waals surface area contributed by atoms with Crippen molar-refractivity contribution >= 4 is 47.3 Å². The van der Waals surface area contributed by atoms with Gasteiger partial charge in [-0.25, -0.2) is 4.79 Å². The maximum Gasteiger partial charge on any atom is 0.326 e. The summed E-state index contributed by atoms with van der Waals surface area (Å²) in [4.78, 5) is 98.9. The van der Waals surface area contributed by atoms with E-state index in [1.807, 2.05) is 0 Å². The molecule has 580 valence electrons. The molecule has 100 heavy (non-hydrogen) atoms. The highest BCUT2D eigenvalue weighted by Gasteiger charge is 2.47. The summed E-state index contributed by atoms with van der Waals surface area (Å²) < 4.78 is 77.0. The first-order chi connectivity index (χ1) is 48.0. The number of unbranched alkanes of at least 4 members (excludes halogenated alkanes) is 2. The van der Waals surface area contributed by atoms with Crippen LogP contribution in [0.5, 0.6) is 0 Å². The number of amides is 7. The Hall–Kier alpha value is -5.16. The monoisotopic (exact) mass is 1450 g/mol. The Labute approximate surface area is 579 Å². The van der Waals surface area contributed by atoms with Gasteiger partial charge in [0.1, 0.15) is 86.7 Å². The van der Waals surface area contributed by atoms with Crippen LogP contribution in [0.25, 0.3) is 0 Å². The minimum atomic E-state index is -1.47. The number of hydrogen-bond donors (Lipinski definition) is 17. The summed E-state index contributed by atoms with van der Waals surface area (Å²) in [5.74, 6) is -5.70. The summed E-state index contributed by atoms with van der Waals surface area (Å²) in [6, 6.07) is -5.64. The molecule has 2 saturated heterocycles. The number of ether oxygens (including phenoxy) is 14. The Kier molecular flexibility index (Phi) is 47.0. The summed E-state index contributed by atoms with van der Waals surface area (Å²) in [5, 5.41) is 118. The van der Waals surface area contributed by atoms with Crippen molar-refractivity contribution in [1.29, 1.82) is 0 Å². The zero-order valence-electron chi connectivity index (χ0n) is 57.1. The molecule has 0 aromatic heterocycles. The molecule has 1 aliphatic carbocycles. The SMILES string of the molecule is CC(=O)NC1[C@H](OCCOCCOCCOCC(=O)NCCCC[C@H](NC(=O)[C@H](CCCCNC(=O)COCCOCCOCCO[C@@H]2C[C@H](CO)[C@H](O)[C@H](O)[C@H]2NC(C)=O)NC(=O)COCCOCCOCCO[C@@H]2O[C@H](CO)[C@H](O)[C@H](O)[C@H]2NC(C)=O)C(=O)O)O[C@H](CO)[C@H](O)[C@@H]1O. The Morgan fingerprint density at radius 2 is 0.750 bits per heavy atom. The van der Waals surface area contributed by atoms with Crippen molar-refractivity contribution in [2.75, 3.05) is 172 Å². The molecule has 2 heterocycles. The molecule has 0 bridgehead atoms. The quantitative estimate of drug-likeness (QED) is 0.0252. The van der Waals surface area contributed by atoms with Crippen molar-refractivity contribution in [2.24, 2.45) is 5.92 Å². The largest absolute Gasteiger partial charge is 0.480 e. The lowest BCUT2D eigenvalue weighted by molar-refractivity contribution is -0.272. The van der Waals surface area contributed by atoms with Crippen molar-refractivity contribution < 1.29 is 156 Å². The second kappa shape index (κ2) is 52.7. The molecule has 17 atom stereocenters. The highest BCUT2D eigenvalue weighted by Crippen LogP contribution is 2.28. The number of hydrogen-bond acceptors (Lipinski definition) is 31. The molecule has 3 fully saturated rings. The van der Waals surface area contributed by atoms with Gasteiger partial charge >= 0.3 is 5.97 Å². The molecule has 0 spiro atoms. The van der Waals surface area contributed by atoms with Crippen LogP contribution in [0.3, 0.4) is 0 Å². The number of aliphatic hydroxyl groups excluding tert-OH is 9. The summed E-state index contributed by atoms with van der Waals surface area (Å²) in [5.41, 5.74) is 0. The molecule has 3 aliphatic rings. The van der Waals surface area contributed by atoms with E-state index in [1.165, 1.54) is 20.8 Å². The second-order valence-electron chi connectivity index (χ2n) is 23.4. The molecule has 39 nitrogen and oxygen atoms in total. The molecule has 0 aromatic carbocycles. The molecular formula is C61H109N7O32. The van der Waals surface area contributed by atoms with E-state index >= 15 is 0 Å². The van der Waals surface area contributed by atoms with Crippen LogP contribution in [0.2, 0.25) is 0 Å². The van der Waals surface area contributed by atoms with Crippen molar-refractivity contribution in [3.8, 4) is 0 Å². The lowest BCUT2D eigenvalue weighted by atomic mass is 9.79. The van der Waals surface area contributed by atoms with Gasteiger partial charge in [0.05, 0.1) is 150 Å². The Bertz CT molecular complexity index is 2310. The number of aliphatic hydroxyl groups is 9. The van der Waals surface area contributed by atoms with Crippen LogP contribution in [0.15, 0.2) is 0 Å². The van der Waals surface area contributed by atoms with Gasteiger partial charge < -0.3 is 155 Å². The molecule has 1 unspecified atom stereocenters. The standard InChI is InChI=1S/C61H109N7O32/c1-37(72)64-49-43(30-40(31-69)52(78)55(49)81)96-27-24-90-15-12-87-18-21-93-34-46(75)62-10-6-4-8-41(67-48(77)36-95-23-20-89-14-17-92-26-29-98-61-51(66-39(3)74)57(83)54(80)45(33-71)100-61)58(84)68-42(59(85)86)9-5-7-11-63-47(76)35-94-22-19-88-13-16-91-25-28-97-60-50(65-38(2)73)56(82)53(79)44(32-70)99-60/h40-45,49-57,60-61,69-71,78-83H,4-36H2,1-3H3,(H,62,75)(H,63,76)(H,64,72)(H,65,73)(H,66,74)(H,67,77)(H,68,84)(H,85,86)/t40-,41+,42+,43-,44-,45-,49+,50?,51-,52+,53+,54+,55-,56-,57-,60-,61-/m1/s1. The van der Waals surface area contributed by atoms with E-state index in [1.54, 1.807) is 0 Å². The molecular weight excluding hydrogens is 1340 g/mol. The average Bonchev–Trinajstić information content (AvgIpc) is 0.824. The second-order valence-corrected chi connectivity index (χ2v) is 23.4. The van der Waals surface area contributed by atoms with E-state index in [0.717, 1.165) is 0 Å². The number of aliphatic carboxylic acids is 1. The Balaban J connectivity index is 1.34. The van der Waals surface area contributed by atoms with Gasteiger partial charge in [-0.15, -0.1) is 0 Å². The van der Waals surface area contributed by atoms with Gasteiger partial charge in [0.2, 0.25) is 41.4 Å². The third kappa shape index (κ3) is 36.3. The van der Waals surface area contributed by atoms with E-state index in [4.69, 9.17) is 66.3 Å². The number of nitrogens with one attached hydrogen (secondary N) is 7. The van der Waals surface area contributed by atoms with Gasteiger partial charge in [-0.3, -0.25) is 33.6 Å². The van der Waals surface area contributed by atoms with E-state index in [2.05, 4.69) is 37.2 Å². The van der Waals surface area contributed by atoms with E-state index in [0.29, 0.717) is 19.3 Å². The number of carbonyl (C=O) groups is 8. The highest BCUT2D eigenvalue weighted by atomic mass is 16.7. The first kappa shape index (κ1) is 89.1. The van der Waals surface area contributed by atoms with Gasteiger partial charge in [-0.1, -0.05) is 0 Å². The van der Waals surface area contributed by atoms with Crippen LogP contribution in [0.1, 0.15) is 65.7 Å². The lowest BCUT2D eigenvalue weighted by Gasteiger charge is -2.42. The predicted octanol–water partition coefficient (Wildman–Crippen LogP) is -8.69. The van der Waals surface area contributed by atoms with Crippen LogP contribution in [-0.2, 0) is 105 Å². The molecule has 3 rings (SSSR count). The third-order valence-electron chi connectivity index (χ3n) is 15.5. The zero-order valence-corrected chi connectivity index (χ0v) is 57.1. The maximum atomic E-state index is 13.6. The van der Waals surface area contributed by atoms with E-state index in [9.17, 15) is 89.4 Å². The first-order valence-corrected chi connectivity index (χ1v) is 33.5. The summed E-state index contributed by atoms with van der Waals surface area (Å²) in [6.07, 6.45) is -12.2. The van der Waals surface area contributed by atoms with Gasteiger partial charge in [0, 0.05) is 46.4 Å². The minimum Gasteiger partial charge on any atom is -0.480 e. The van der Waals surface area contributed by atoms with Crippen LogP contribution in [0, 0.1) is 5.92 Å². The normalized spacial score (nSPS) is 25.8. The van der Waals surface area contributed by atoms with Gasteiger partial charge in [0.15, 0.2) is 12.6 Å². The van der Waals surface area contributed by atoms with Gasteiger partial charge in [-0.05, 0) is 44.9 Å². The van der Waals surface area contributed by atoms with Gasteiger partial charge in [-0.2, -0.15) is 0 Å². The number of carboxylic acids is 1. The number of carbonyl (C=O) groups excluding carboxylic acids is 7. The summed E-state index contributed by atoms with van der Waals surface area (Å²) in [6.45, 7) is 3.19. The van der Waals surface area contributed by atoms with Crippen molar-refractivity contribution in [1.82, 2.24) is 37.2 Å². The Morgan fingerprint density at radius 3 is 1.13 bits per heavy atom. The average molecular weight is 1450 g/mol. The van der Waals surface area contributed by atoms with Crippen LogP contribution >= 0.6 is 0 Å². The van der Waals surface area contributed by atoms with Gasteiger partial charge in [0.25, 0.3) is 0 Å². The van der Waals surface area contributed by atoms with E-state index in [-0.39, 0.29) is 178 Å². The number of rotatable bonds is 56. The fraction of sp³-hybridized carbons (Fsp3) is 0.869. The van der Waals surface area contributed by atoms with E-state index < -0.39 is 171 Å². The maximum absolute atomic E-state index is 13.6. The smallest absolute Gasteiger partial charge is 0.326 e. The highest BCUT2D eigenvalue weighted by molar-refractivity contribution is 5.90. The molecule has 0 radical (unpaired) electrons. The molecule has 1 saturated carbocycles. The summed E-state index contributed by atoms with van der Waals surface area (Å²) in [7, 11) is 0. The van der Waals surface area contributed by atoms with Crippen molar-refractivity contribution in [2.45, 2.75) is 163 Å². The van der Waals surface area contributed by atoms with Crippen LogP contribution < -0.4 is 37.2 Å². The minimum absolute atomic E-state index is 0.0148. The third-order valence-corrected chi connectivity index (χ3v) is 15.5. The number of carboxylic acid groups (broad SMARTS) is 1. The predicted molar refractivity (Wildman–Crippen MR) is 340 cm³/mol. The molecule has 2 aliphatic heterocycles. The van der Waals surface area contributed by atoms with Crippen molar-refractivity contribution in [3.05, 3.63) is 0 Å². The molecule has 39 heteroatoms. The zero-order chi connectivity index (χ0) is 73.6. The lowest BCUT2D eigenvalue weighted by Crippen LogP contribution is -2.64. The topological polar surface area (TPSA) is 552 Å². The first-order valence-electron chi connectivity index (χ1n) is 33.5. The fourth-order valence-electron chi connectivity index (χ4n) is 10.3.